The molecule has 0 fully saturated rings. The van der Waals surface area contributed by atoms with Crippen molar-refractivity contribution in [3.63, 3.8) is 0 Å². The van der Waals surface area contributed by atoms with E-state index in [9.17, 15) is 4.79 Å². The van der Waals surface area contributed by atoms with E-state index in [0.29, 0.717) is 30.2 Å². The van der Waals surface area contributed by atoms with Crippen LogP contribution in [0.2, 0.25) is 0 Å². The predicted octanol–water partition coefficient (Wildman–Crippen LogP) is 8.81. The highest BCUT2D eigenvalue weighted by atomic mass is 79.9. The molecule has 0 radical (unpaired) electrons. The summed E-state index contributed by atoms with van der Waals surface area (Å²) in [6.45, 7) is 0.893. The molecular weight excluding hydrogens is 608 g/mol. The Morgan fingerprint density at radius 1 is 1.00 bits per heavy atom. The molecule has 0 saturated carbocycles. The lowest BCUT2D eigenvalue weighted by Crippen LogP contribution is -2.24. The number of carbonyl (C=O) groups is 1. The Hall–Kier alpha value is -3.94. The van der Waals surface area contributed by atoms with Crippen molar-refractivity contribution in [2.45, 2.75) is 38.8 Å². The molecule has 7 heteroatoms. The van der Waals surface area contributed by atoms with E-state index < -0.39 is 0 Å². The average Bonchev–Trinajstić information content (AvgIpc) is 3.41. The highest BCUT2D eigenvalue weighted by Gasteiger charge is 2.25. The van der Waals surface area contributed by atoms with Gasteiger partial charge >= 0.3 is 0 Å². The highest BCUT2D eigenvalue weighted by molar-refractivity contribution is 9.10. The Bertz CT molecular complexity index is 1760. The van der Waals surface area contributed by atoms with Gasteiger partial charge in [0.1, 0.15) is 11.6 Å². The molecule has 0 unspecified atom stereocenters. The number of fused-ring (bicyclic) bond motifs is 2. The van der Waals surface area contributed by atoms with E-state index in [1.54, 1.807) is 24.7 Å². The number of methoxy groups -OCH3 is 1. The van der Waals surface area contributed by atoms with Crippen molar-refractivity contribution >= 4 is 55.2 Å². The molecule has 0 atom stereocenters. The van der Waals surface area contributed by atoms with Crippen molar-refractivity contribution in [1.82, 2.24) is 5.32 Å². The second-order valence-electron chi connectivity index (χ2n) is 10.3. The maximum Gasteiger partial charge on any atom is 0.254 e. The van der Waals surface area contributed by atoms with Gasteiger partial charge in [-0.25, -0.2) is 4.99 Å². The molecule has 0 spiro atoms. The first kappa shape index (κ1) is 28.2. The van der Waals surface area contributed by atoms with Gasteiger partial charge in [0.2, 0.25) is 0 Å². The molecule has 5 aromatic rings. The summed E-state index contributed by atoms with van der Waals surface area (Å²) < 4.78 is 12.8. The first-order valence-electron chi connectivity index (χ1n) is 14.1. The second-order valence-corrected chi connectivity index (χ2v) is 12.2. The minimum atomic E-state index is -0.0682. The number of halogens is 1. The molecular formula is C35H31BrN2O3S. The van der Waals surface area contributed by atoms with Gasteiger partial charge in [-0.1, -0.05) is 72.8 Å². The summed E-state index contributed by atoms with van der Waals surface area (Å²) in [5.41, 5.74) is 4.88. The van der Waals surface area contributed by atoms with Crippen LogP contribution < -0.4 is 14.8 Å². The molecule has 1 aromatic heterocycles. The zero-order valence-electron chi connectivity index (χ0n) is 23.4. The third-order valence-corrected chi connectivity index (χ3v) is 9.30. The van der Waals surface area contributed by atoms with E-state index in [2.05, 4.69) is 45.5 Å². The number of thiophene rings is 1. The molecule has 0 bridgehead atoms. The van der Waals surface area contributed by atoms with Crippen LogP contribution in [0.5, 0.6) is 11.5 Å². The van der Waals surface area contributed by atoms with Crippen molar-refractivity contribution in [1.29, 1.82) is 0 Å². The van der Waals surface area contributed by atoms with Gasteiger partial charge in [0.05, 0.1) is 17.1 Å². The molecule has 5 nitrogen and oxygen atoms in total. The van der Waals surface area contributed by atoms with Gasteiger partial charge in [0.15, 0.2) is 11.5 Å². The Kier molecular flexibility index (Phi) is 8.68. The quantitative estimate of drug-likeness (QED) is 0.164. The normalized spacial score (nSPS) is 12.8. The summed E-state index contributed by atoms with van der Waals surface area (Å²) in [4.78, 5) is 19.6. The zero-order chi connectivity index (χ0) is 28.9. The number of amides is 1. The predicted molar refractivity (Wildman–Crippen MR) is 175 cm³/mol. The first-order chi connectivity index (χ1) is 20.6. The van der Waals surface area contributed by atoms with Crippen LogP contribution in [0, 0.1) is 0 Å². The number of benzene rings is 4. The van der Waals surface area contributed by atoms with E-state index in [-0.39, 0.29) is 5.91 Å². The lowest BCUT2D eigenvalue weighted by molar-refractivity contribution is 0.0951. The van der Waals surface area contributed by atoms with Crippen LogP contribution in [0.1, 0.15) is 50.3 Å². The van der Waals surface area contributed by atoms with Crippen LogP contribution >= 0.6 is 27.3 Å². The minimum Gasteiger partial charge on any atom is -0.493 e. The van der Waals surface area contributed by atoms with Crippen LogP contribution in [-0.2, 0) is 26.0 Å². The fourth-order valence-corrected chi connectivity index (χ4v) is 7.20. The Morgan fingerprint density at radius 2 is 1.79 bits per heavy atom. The Balaban J connectivity index is 1.24. The van der Waals surface area contributed by atoms with E-state index in [0.717, 1.165) is 57.4 Å². The fourth-order valence-electron chi connectivity index (χ4n) is 5.40. The molecule has 42 heavy (non-hydrogen) atoms. The van der Waals surface area contributed by atoms with Crippen LogP contribution in [0.25, 0.3) is 10.8 Å². The van der Waals surface area contributed by atoms with Gasteiger partial charge in [-0.15, -0.1) is 11.3 Å². The van der Waals surface area contributed by atoms with Gasteiger partial charge in [-0.05, 0) is 86.8 Å². The molecule has 1 heterocycles. The number of hydrogen-bond acceptors (Lipinski definition) is 5. The van der Waals surface area contributed by atoms with Crippen molar-refractivity contribution in [3.8, 4) is 11.5 Å². The largest absolute Gasteiger partial charge is 0.493 e. The maximum atomic E-state index is 13.4. The van der Waals surface area contributed by atoms with Crippen LogP contribution in [0.4, 0.5) is 5.00 Å². The van der Waals surface area contributed by atoms with E-state index >= 15 is 0 Å². The smallest absolute Gasteiger partial charge is 0.254 e. The van der Waals surface area contributed by atoms with Gasteiger partial charge in [-0.3, -0.25) is 4.79 Å². The summed E-state index contributed by atoms with van der Waals surface area (Å²) in [6.07, 6.45) is 5.95. The summed E-state index contributed by atoms with van der Waals surface area (Å²) in [7, 11) is 1.63. The number of ether oxygens (including phenoxy) is 2. The lowest BCUT2D eigenvalue weighted by Gasteiger charge is -2.14. The van der Waals surface area contributed by atoms with Gasteiger partial charge in [-0.2, -0.15) is 0 Å². The first-order valence-corrected chi connectivity index (χ1v) is 15.7. The number of aryl methyl sites for hydroxylation is 1. The number of hydrogen-bond donors (Lipinski definition) is 1. The number of rotatable bonds is 9. The molecule has 6 rings (SSSR count). The minimum absolute atomic E-state index is 0.0682. The topological polar surface area (TPSA) is 59.9 Å². The summed E-state index contributed by atoms with van der Waals surface area (Å²) in [5.74, 6) is 1.17. The lowest BCUT2D eigenvalue weighted by atomic mass is 9.95. The van der Waals surface area contributed by atoms with Crippen molar-refractivity contribution in [3.05, 3.63) is 122 Å². The molecule has 212 valence electrons. The van der Waals surface area contributed by atoms with E-state index in [4.69, 9.17) is 14.5 Å². The monoisotopic (exact) mass is 638 g/mol. The highest BCUT2D eigenvalue weighted by Crippen LogP contribution is 2.41. The molecule has 1 aliphatic rings. The van der Waals surface area contributed by atoms with Crippen LogP contribution in [0.3, 0.4) is 0 Å². The summed E-state index contributed by atoms with van der Waals surface area (Å²) >= 11 is 5.32. The Morgan fingerprint density at radius 3 is 2.64 bits per heavy atom. The van der Waals surface area contributed by atoms with E-state index in [1.165, 1.54) is 15.6 Å². The number of nitrogens with zero attached hydrogens (tertiary/aromatic N) is 1. The van der Waals surface area contributed by atoms with Gasteiger partial charge in [0.25, 0.3) is 5.91 Å². The summed E-state index contributed by atoms with van der Waals surface area (Å²) in [5, 5.41) is 6.21. The number of nitrogens with one attached hydrogen (secondary N) is 1. The number of carbonyl (C=O) groups excluding carboxylic acids is 1. The third kappa shape index (κ3) is 6.13. The molecule has 4 aromatic carbocycles. The number of aliphatic imine (C=N–C) groups is 1. The zero-order valence-corrected chi connectivity index (χ0v) is 25.8. The van der Waals surface area contributed by atoms with Crippen molar-refractivity contribution in [2.24, 2.45) is 4.99 Å². The van der Waals surface area contributed by atoms with Crippen molar-refractivity contribution < 1.29 is 14.3 Å². The molecule has 0 saturated heterocycles. The van der Waals surface area contributed by atoms with Crippen molar-refractivity contribution in [2.75, 3.05) is 7.11 Å². The Labute approximate surface area is 258 Å². The summed E-state index contributed by atoms with van der Waals surface area (Å²) in [6, 6.07) is 28.4. The standard InChI is InChI=1S/C35H31BrN2O3S/c1-40-30-19-24(18-29(36)33(30)41-22-26-14-9-13-25-12-5-6-15-27(25)26)21-38-35-32(28-16-7-8-17-31(28)42-35)34(39)37-20-23-10-3-2-4-11-23/h2-6,9-15,18-19,21H,7-8,16-17,20,22H2,1H3,(H,37,39). The maximum absolute atomic E-state index is 13.4. The van der Waals surface area contributed by atoms with Crippen LogP contribution in [0.15, 0.2) is 94.4 Å². The average molecular weight is 640 g/mol. The van der Waals surface area contributed by atoms with Crippen LogP contribution in [-0.4, -0.2) is 19.2 Å². The van der Waals surface area contributed by atoms with E-state index in [1.807, 2.05) is 60.7 Å². The fraction of sp³-hybridized carbons (Fsp3) is 0.200. The van der Waals surface area contributed by atoms with Gasteiger partial charge < -0.3 is 14.8 Å². The molecule has 0 aliphatic heterocycles. The third-order valence-electron chi connectivity index (χ3n) is 7.51. The van der Waals surface area contributed by atoms with Gasteiger partial charge in [0, 0.05) is 17.6 Å². The molecule has 1 amide bonds. The second kappa shape index (κ2) is 12.9. The molecule has 1 aliphatic carbocycles. The SMILES string of the molecule is COc1cc(C=Nc2sc3c(c2C(=O)NCc2ccccc2)CCCC3)cc(Br)c1OCc1cccc2ccccc12. The molecule has 1 N–H and O–H groups in total.